The quantitative estimate of drug-likeness (QED) is 0.837. The van der Waals surface area contributed by atoms with Crippen molar-refractivity contribution in [2.75, 3.05) is 18.0 Å². The molecule has 0 atom stereocenters. The zero-order valence-corrected chi connectivity index (χ0v) is 11.0. The van der Waals surface area contributed by atoms with Crippen LogP contribution in [0.15, 0.2) is 36.5 Å². The lowest BCUT2D eigenvalue weighted by Crippen LogP contribution is -2.20. The molecule has 1 aromatic heterocycles. The molecular weight excluding hydrogens is 253 g/mol. The molecule has 4 heteroatoms. The molecule has 0 saturated carbocycles. The smallest absolute Gasteiger partial charge is 0.146 e. The standard InChI is InChI=1S/C16H14FN3/c17-15-6-2-1-5-14(15)13-9-12(10-18)16(19-11-13)20-7-3-4-8-20/h1-2,5-6,9,11H,3-4,7-8H2. The Hall–Kier alpha value is -2.41. The van der Waals surface area contributed by atoms with E-state index in [1.165, 1.54) is 6.07 Å². The van der Waals surface area contributed by atoms with Crippen LogP contribution in [0.2, 0.25) is 0 Å². The van der Waals surface area contributed by atoms with Crippen molar-refractivity contribution < 1.29 is 4.39 Å². The maximum absolute atomic E-state index is 13.8. The molecule has 100 valence electrons. The SMILES string of the molecule is N#Cc1cc(-c2ccccc2F)cnc1N1CCCC1. The van der Waals surface area contributed by atoms with Crippen molar-refractivity contribution in [1.82, 2.24) is 4.98 Å². The van der Waals surface area contributed by atoms with E-state index in [0.29, 0.717) is 22.5 Å². The molecule has 1 aliphatic heterocycles. The van der Waals surface area contributed by atoms with Crippen LogP contribution in [0, 0.1) is 17.1 Å². The molecule has 0 aliphatic carbocycles. The van der Waals surface area contributed by atoms with Gasteiger partial charge in [-0.25, -0.2) is 9.37 Å². The van der Waals surface area contributed by atoms with Crippen LogP contribution in [-0.2, 0) is 0 Å². The first-order chi connectivity index (χ1) is 9.79. The van der Waals surface area contributed by atoms with Gasteiger partial charge in [0.1, 0.15) is 17.7 Å². The molecule has 0 N–H and O–H groups in total. The molecule has 1 saturated heterocycles. The van der Waals surface area contributed by atoms with Gasteiger partial charge in [0.05, 0.1) is 5.56 Å². The van der Waals surface area contributed by atoms with Crippen LogP contribution < -0.4 is 4.90 Å². The van der Waals surface area contributed by atoms with Crippen LogP contribution >= 0.6 is 0 Å². The van der Waals surface area contributed by atoms with Crippen LogP contribution in [-0.4, -0.2) is 18.1 Å². The molecule has 1 aliphatic rings. The Kier molecular flexibility index (Phi) is 3.34. The molecule has 2 aromatic rings. The second kappa shape index (κ2) is 5.30. The molecule has 3 nitrogen and oxygen atoms in total. The summed E-state index contributed by atoms with van der Waals surface area (Å²) in [6, 6.07) is 10.4. The van der Waals surface area contributed by atoms with Crippen LogP contribution in [0.5, 0.6) is 0 Å². The Labute approximate surface area is 117 Å². The highest BCUT2D eigenvalue weighted by atomic mass is 19.1. The van der Waals surface area contributed by atoms with E-state index in [1.54, 1.807) is 30.5 Å². The average molecular weight is 267 g/mol. The lowest BCUT2D eigenvalue weighted by atomic mass is 10.1. The van der Waals surface area contributed by atoms with Gasteiger partial charge in [0.2, 0.25) is 0 Å². The summed E-state index contributed by atoms with van der Waals surface area (Å²) in [4.78, 5) is 6.50. The number of anilines is 1. The van der Waals surface area contributed by atoms with Gasteiger partial charge in [0.25, 0.3) is 0 Å². The van der Waals surface area contributed by atoms with E-state index in [4.69, 9.17) is 0 Å². The van der Waals surface area contributed by atoms with Gasteiger partial charge >= 0.3 is 0 Å². The van der Waals surface area contributed by atoms with Crippen molar-refractivity contribution in [1.29, 1.82) is 5.26 Å². The molecule has 1 fully saturated rings. The summed E-state index contributed by atoms with van der Waals surface area (Å²) in [5.74, 6) is 0.414. The van der Waals surface area contributed by atoms with Gasteiger partial charge in [0.15, 0.2) is 0 Å². The largest absolute Gasteiger partial charge is 0.356 e. The maximum Gasteiger partial charge on any atom is 0.146 e. The summed E-state index contributed by atoms with van der Waals surface area (Å²) in [5.41, 5.74) is 1.62. The highest BCUT2D eigenvalue weighted by Gasteiger charge is 2.18. The van der Waals surface area contributed by atoms with E-state index in [1.807, 2.05) is 0 Å². The van der Waals surface area contributed by atoms with E-state index < -0.39 is 0 Å². The van der Waals surface area contributed by atoms with Crippen molar-refractivity contribution >= 4 is 5.82 Å². The van der Waals surface area contributed by atoms with Gasteiger partial charge in [-0.05, 0) is 25.0 Å². The van der Waals surface area contributed by atoms with Gasteiger partial charge in [-0.3, -0.25) is 0 Å². The zero-order valence-electron chi connectivity index (χ0n) is 11.0. The molecule has 2 heterocycles. The molecule has 0 unspecified atom stereocenters. The predicted octanol–water partition coefficient (Wildman–Crippen LogP) is 3.36. The number of benzene rings is 1. The third kappa shape index (κ3) is 2.23. The molecule has 1 aromatic carbocycles. The average Bonchev–Trinajstić information content (AvgIpc) is 3.01. The third-order valence-electron chi connectivity index (χ3n) is 3.58. The van der Waals surface area contributed by atoms with Crippen LogP contribution in [0.4, 0.5) is 10.2 Å². The highest BCUT2D eigenvalue weighted by molar-refractivity contribution is 5.68. The first-order valence-corrected chi connectivity index (χ1v) is 6.69. The number of aromatic nitrogens is 1. The van der Waals surface area contributed by atoms with E-state index in [2.05, 4.69) is 16.0 Å². The topological polar surface area (TPSA) is 39.9 Å². The Balaban J connectivity index is 2.04. The molecule has 0 spiro atoms. The van der Waals surface area contributed by atoms with E-state index in [0.717, 1.165) is 25.9 Å². The van der Waals surface area contributed by atoms with Gasteiger partial charge < -0.3 is 4.90 Å². The van der Waals surface area contributed by atoms with Crippen molar-refractivity contribution in [2.45, 2.75) is 12.8 Å². The summed E-state index contributed by atoms with van der Waals surface area (Å²) in [5, 5.41) is 9.31. The number of nitrogens with zero attached hydrogens (tertiary/aromatic N) is 3. The highest BCUT2D eigenvalue weighted by Crippen LogP contribution is 2.28. The van der Waals surface area contributed by atoms with Gasteiger partial charge in [-0.2, -0.15) is 5.26 Å². The second-order valence-corrected chi connectivity index (χ2v) is 4.88. The zero-order chi connectivity index (χ0) is 13.9. The molecule has 3 rings (SSSR count). The minimum Gasteiger partial charge on any atom is -0.356 e. The van der Waals surface area contributed by atoms with Crippen LogP contribution in [0.3, 0.4) is 0 Å². The lowest BCUT2D eigenvalue weighted by Gasteiger charge is -2.18. The molecule has 20 heavy (non-hydrogen) atoms. The van der Waals surface area contributed by atoms with E-state index in [9.17, 15) is 9.65 Å². The minimum absolute atomic E-state index is 0.299. The summed E-state index contributed by atoms with van der Waals surface area (Å²) in [6.45, 7) is 1.86. The summed E-state index contributed by atoms with van der Waals surface area (Å²) in [7, 11) is 0. The van der Waals surface area contributed by atoms with Gasteiger partial charge in [0, 0.05) is 30.4 Å². The molecule has 0 radical (unpaired) electrons. The van der Waals surface area contributed by atoms with Crippen molar-refractivity contribution in [3.05, 3.63) is 47.9 Å². The number of nitriles is 1. The Bertz CT molecular complexity index is 670. The Morgan fingerprint density at radius 2 is 1.95 bits per heavy atom. The fraction of sp³-hybridized carbons (Fsp3) is 0.250. The minimum atomic E-state index is -0.299. The summed E-state index contributed by atoms with van der Waals surface area (Å²) in [6.07, 6.45) is 3.90. The summed E-state index contributed by atoms with van der Waals surface area (Å²) < 4.78 is 13.8. The van der Waals surface area contributed by atoms with Crippen LogP contribution in [0.25, 0.3) is 11.1 Å². The second-order valence-electron chi connectivity index (χ2n) is 4.88. The number of rotatable bonds is 2. The Morgan fingerprint density at radius 3 is 2.65 bits per heavy atom. The molecular formula is C16H14FN3. The van der Waals surface area contributed by atoms with Gasteiger partial charge in [-0.1, -0.05) is 18.2 Å². The predicted molar refractivity (Wildman–Crippen MR) is 75.8 cm³/mol. The number of pyridine rings is 1. The van der Waals surface area contributed by atoms with Crippen molar-refractivity contribution in [3.8, 4) is 17.2 Å². The van der Waals surface area contributed by atoms with Gasteiger partial charge in [-0.15, -0.1) is 0 Å². The first-order valence-electron chi connectivity index (χ1n) is 6.69. The van der Waals surface area contributed by atoms with Crippen molar-refractivity contribution in [3.63, 3.8) is 0 Å². The number of hydrogen-bond acceptors (Lipinski definition) is 3. The van der Waals surface area contributed by atoms with E-state index in [-0.39, 0.29) is 5.82 Å². The lowest BCUT2D eigenvalue weighted by molar-refractivity contribution is 0.631. The van der Waals surface area contributed by atoms with Crippen LogP contribution in [0.1, 0.15) is 18.4 Å². The fourth-order valence-electron chi connectivity index (χ4n) is 2.56. The third-order valence-corrected chi connectivity index (χ3v) is 3.58. The maximum atomic E-state index is 13.8. The summed E-state index contributed by atoms with van der Waals surface area (Å²) >= 11 is 0. The Morgan fingerprint density at radius 1 is 1.20 bits per heavy atom. The molecule has 0 amide bonds. The van der Waals surface area contributed by atoms with E-state index >= 15 is 0 Å². The normalized spacial score (nSPS) is 14.3. The monoisotopic (exact) mass is 267 g/mol. The first kappa shape index (κ1) is 12.6. The number of hydrogen-bond donors (Lipinski definition) is 0. The van der Waals surface area contributed by atoms with Crippen molar-refractivity contribution in [2.24, 2.45) is 0 Å². The molecule has 0 bridgehead atoms. The fourth-order valence-corrected chi connectivity index (χ4v) is 2.56. The number of halogens is 1.